The van der Waals surface area contributed by atoms with Crippen LogP contribution < -0.4 is 5.32 Å². The molecule has 0 saturated heterocycles. The second kappa shape index (κ2) is 5.68. The van der Waals surface area contributed by atoms with Crippen LogP contribution in [0.1, 0.15) is 6.92 Å². The van der Waals surface area contributed by atoms with Gasteiger partial charge in [-0.2, -0.15) is 10.4 Å². The molecule has 4 nitrogen and oxygen atoms in total. The van der Waals surface area contributed by atoms with Crippen LogP contribution in [-0.4, -0.2) is 28.1 Å². The number of hydrogen-bond acceptors (Lipinski definition) is 4. The molecule has 0 aromatic carbocycles. The van der Waals surface area contributed by atoms with Crippen molar-refractivity contribution in [3.63, 3.8) is 0 Å². The Morgan fingerprint density at radius 1 is 1.79 bits per heavy atom. The number of aryl methyl sites for hydroxylation is 1. The minimum atomic E-state index is -0.0785. The maximum Gasteiger partial charge on any atom is 0.105 e. The molecular weight excluding hydrogens is 196 g/mol. The lowest BCUT2D eigenvalue weighted by molar-refractivity contribution is 0.677. The molecule has 0 aliphatic heterocycles. The third kappa shape index (κ3) is 3.40. The molecule has 0 spiro atoms. The fourth-order valence-electron chi connectivity index (χ4n) is 1.04. The van der Waals surface area contributed by atoms with Gasteiger partial charge in [0.1, 0.15) is 6.04 Å². The minimum absolute atomic E-state index is 0.0785. The highest BCUT2D eigenvalue weighted by Gasteiger charge is 2.06. The standard InChI is InChI=1S/C9H14N4S/c1-3-11-8(4-10)7-14-9-5-12-13(2)6-9/h5-6,8,11H,3,7H2,1-2H3. The first-order valence-electron chi connectivity index (χ1n) is 4.50. The van der Waals surface area contributed by atoms with Crippen LogP contribution in [0.25, 0.3) is 0 Å². The summed E-state index contributed by atoms with van der Waals surface area (Å²) in [4.78, 5) is 1.10. The van der Waals surface area contributed by atoms with E-state index < -0.39 is 0 Å². The molecule has 0 aliphatic rings. The SMILES string of the molecule is CCNC(C#N)CSc1cnn(C)c1. The highest BCUT2D eigenvalue weighted by atomic mass is 32.2. The van der Waals surface area contributed by atoms with Gasteiger partial charge in [-0.05, 0) is 6.54 Å². The molecule has 1 aromatic heterocycles. The number of nitriles is 1. The number of hydrogen-bond donors (Lipinski definition) is 1. The lowest BCUT2D eigenvalue weighted by Gasteiger charge is -2.07. The monoisotopic (exact) mass is 210 g/mol. The van der Waals surface area contributed by atoms with Crippen molar-refractivity contribution in [1.82, 2.24) is 15.1 Å². The van der Waals surface area contributed by atoms with Gasteiger partial charge in [-0.1, -0.05) is 6.92 Å². The van der Waals surface area contributed by atoms with Crippen molar-refractivity contribution < 1.29 is 0 Å². The summed E-state index contributed by atoms with van der Waals surface area (Å²) < 4.78 is 1.76. The molecule has 1 heterocycles. The molecule has 76 valence electrons. The summed E-state index contributed by atoms with van der Waals surface area (Å²) in [6, 6.07) is 2.14. The Morgan fingerprint density at radius 3 is 3.07 bits per heavy atom. The van der Waals surface area contributed by atoms with Crippen LogP contribution in [0.5, 0.6) is 0 Å². The van der Waals surface area contributed by atoms with E-state index in [2.05, 4.69) is 16.5 Å². The van der Waals surface area contributed by atoms with Crippen molar-refractivity contribution in [3.8, 4) is 6.07 Å². The van der Waals surface area contributed by atoms with Gasteiger partial charge in [0.05, 0.1) is 12.3 Å². The van der Waals surface area contributed by atoms with Crippen LogP contribution in [0.2, 0.25) is 0 Å². The predicted molar refractivity (Wildman–Crippen MR) is 57.0 cm³/mol. The number of aromatic nitrogens is 2. The van der Waals surface area contributed by atoms with Crippen molar-refractivity contribution >= 4 is 11.8 Å². The van der Waals surface area contributed by atoms with Crippen LogP contribution in [0.15, 0.2) is 17.3 Å². The van der Waals surface area contributed by atoms with Gasteiger partial charge < -0.3 is 5.32 Å². The van der Waals surface area contributed by atoms with E-state index in [-0.39, 0.29) is 6.04 Å². The van der Waals surface area contributed by atoms with Crippen molar-refractivity contribution in [2.75, 3.05) is 12.3 Å². The molecule has 1 rings (SSSR count). The molecule has 14 heavy (non-hydrogen) atoms. The van der Waals surface area contributed by atoms with E-state index in [0.717, 1.165) is 17.2 Å². The second-order valence-corrected chi connectivity index (χ2v) is 3.99. The summed E-state index contributed by atoms with van der Waals surface area (Å²) in [6.45, 7) is 2.82. The summed E-state index contributed by atoms with van der Waals surface area (Å²) >= 11 is 1.65. The molecule has 0 radical (unpaired) electrons. The van der Waals surface area contributed by atoms with Gasteiger partial charge in [0.25, 0.3) is 0 Å². The Hall–Kier alpha value is -0.990. The van der Waals surface area contributed by atoms with E-state index in [9.17, 15) is 0 Å². The van der Waals surface area contributed by atoms with E-state index in [1.165, 1.54) is 0 Å². The Morgan fingerprint density at radius 2 is 2.57 bits per heavy atom. The highest BCUT2D eigenvalue weighted by Crippen LogP contribution is 2.16. The zero-order valence-electron chi connectivity index (χ0n) is 8.40. The Labute approximate surface area is 88.3 Å². The second-order valence-electron chi connectivity index (χ2n) is 2.90. The normalized spacial score (nSPS) is 12.4. The molecule has 0 amide bonds. The third-order valence-corrected chi connectivity index (χ3v) is 2.75. The van der Waals surface area contributed by atoms with Crippen LogP contribution >= 0.6 is 11.8 Å². The average Bonchev–Trinajstić information content (AvgIpc) is 2.59. The first-order chi connectivity index (χ1) is 6.76. The van der Waals surface area contributed by atoms with Crippen molar-refractivity contribution in [1.29, 1.82) is 5.26 Å². The van der Waals surface area contributed by atoms with Gasteiger partial charge in [0, 0.05) is 23.9 Å². The van der Waals surface area contributed by atoms with E-state index in [1.807, 2.05) is 26.4 Å². The van der Waals surface area contributed by atoms with Gasteiger partial charge in [-0.15, -0.1) is 11.8 Å². The summed E-state index contributed by atoms with van der Waals surface area (Å²) in [6.07, 6.45) is 3.76. The van der Waals surface area contributed by atoms with Crippen LogP contribution in [0.3, 0.4) is 0 Å². The number of nitrogens with zero attached hydrogens (tertiary/aromatic N) is 3. The maximum absolute atomic E-state index is 8.79. The zero-order chi connectivity index (χ0) is 10.4. The smallest absolute Gasteiger partial charge is 0.105 e. The molecular formula is C9H14N4S. The molecule has 5 heteroatoms. The molecule has 1 N–H and O–H groups in total. The van der Waals surface area contributed by atoms with Gasteiger partial charge in [-0.3, -0.25) is 4.68 Å². The van der Waals surface area contributed by atoms with Gasteiger partial charge in [0.15, 0.2) is 0 Å². The predicted octanol–water partition coefficient (Wildman–Crippen LogP) is 1.01. The van der Waals surface area contributed by atoms with E-state index in [0.29, 0.717) is 0 Å². The fourth-order valence-corrected chi connectivity index (χ4v) is 1.94. The van der Waals surface area contributed by atoms with Crippen molar-refractivity contribution in [2.45, 2.75) is 17.9 Å². The van der Waals surface area contributed by atoms with E-state index in [1.54, 1.807) is 16.4 Å². The van der Waals surface area contributed by atoms with Crippen LogP contribution in [0, 0.1) is 11.3 Å². The quantitative estimate of drug-likeness (QED) is 0.737. The van der Waals surface area contributed by atoms with Gasteiger partial charge in [-0.25, -0.2) is 0 Å². The van der Waals surface area contributed by atoms with Crippen LogP contribution in [-0.2, 0) is 7.05 Å². The number of nitrogens with one attached hydrogen (secondary N) is 1. The molecule has 1 atom stereocenters. The topological polar surface area (TPSA) is 53.6 Å². The summed E-state index contributed by atoms with van der Waals surface area (Å²) in [5, 5.41) is 16.0. The lowest BCUT2D eigenvalue weighted by Crippen LogP contribution is -2.29. The van der Waals surface area contributed by atoms with E-state index in [4.69, 9.17) is 5.26 Å². The van der Waals surface area contributed by atoms with E-state index >= 15 is 0 Å². The maximum atomic E-state index is 8.79. The minimum Gasteiger partial charge on any atom is -0.302 e. The third-order valence-electron chi connectivity index (χ3n) is 1.70. The summed E-state index contributed by atoms with van der Waals surface area (Å²) in [5.74, 6) is 0.760. The first kappa shape index (κ1) is 11.1. The molecule has 1 unspecified atom stereocenters. The lowest BCUT2D eigenvalue weighted by atomic mass is 10.4. The summed E-state index contributed by atoms with van der Waals surface area (Å²) in [7, 11) is 1.89. The van der Waals surface area contributed by atoms with Gasteiger partial charge >= 0.3 is 0 Å². The van der Waals surface area contributed by atoms with Crippen LogP contribution in [0.4, 0.5) is 0 Å². The average molecular weight is 210 g/mol. The molecule has 0 saturated carbocycles. The molecule has 0 aliphatic carbocycles. The Bertz CT molecular complexity index is 315. The van der Waals surface area contributed by atoms with Gasteiger partial charge in [0.2, 0.25) is 0 Å². The molecule has 1 aromatic rings. The number of rotatable bonds is 5. The van der Waals surface area contributed by atoms with Crippen molar-refractivity contribution in [3.05, 3.63) is 12.4 Å². The Balaban J connectivity index is 2.36. The zero-order valence-corrected chi connectivity index (χ0v) is 9.21. The van der Waals surface area contributed by atoms with Crippen molar-refractivity contribution in [2.24, 2.45) is 7.05 Å². The number of thioether (sulfide) groups is 1. The Kier molecular flexibility index (Phi) is 4.50. The highest BCUT2D eigenvalue weighted by molar-refractivity contribution is 7.99. The fraction of sp³-hybridized carbons (Fsp3) is 0.556. The molecule has 0 fully saturated rings. The largest absolute Gasteiger partial charge is 0.302 e. The first-order valence-corrected chi connectivity index (χ1v) is 5.49. The summed E-state index contributed by atoms with van der Waals surface area (Å²) in [5.41, 5.74) is 0. The molecule has 0 bridgehead atoms.